The van der Waals surface area contributed by atoms with Gasteiger partial charge in [-0.05, 0) is 62.7 Å². The molecule has 2 amide bonds. The summed E-state index contributed by atoms with van der Waals surface area (Å²) in [4.78, 5) is 17.7. The highest BCUT2D eigenvalue weighted by atomic mass is 32.1. The van der Waals surface area contributed by atoms with E-state index in [9.17, 15) is 4.79 Å². The summed E-state index contributed by atoms with van der Waals surface area (Å²) >= 11 is 1.53. The predicted molar refractivity (Wildman–Crippen MR) is 93.8 cm³/mol. The average molecular weight is 350 g/mol. The topological polar surface area (TPSA) is 55.6 Å². The molecular formula is C18H27N3O2S. The van der Waals surface area contributed by atoms with Crippen LogP contribution >= 0.6 is 11.3 Å². The van der Waals surface area contributed by atoms with Crippen molar-refractivity contribution in [2.75, 3.05) is 13.7 Å². The second-order valence-corrected chi connectivity index (χ2v) is 8.66. The van der Waals surface area contributed by atoms with Crippen LogP contribution in [-0.4, -0.2) is 30.4 Å². The van der Waals surface area contributed by atoms with E-state index in [1.807, 2.05) is 12.3 Å². The van der Waals surface area contributed by atoms with Gasteiger partial charge in [0.2, 0.25) is 0 Å². The highest BCUT2D eigenvalue weighted by Crippen LogP contribution is 2.53. The molecular weight excluding hydrogens is 322 g/mol. The van der Waals surface area contributed by atoms with Crippen LogP contribution in [0.25, 0.3) is 0 Å². The zero-order valence-corrected chi connectivity index (χ0v) is 15.3. The van der Waals surface area contributed by atoms with Crippen molar-refractivity contribution in [3.05, 3.63) is 15.9 Å². The van der Waals surface area contributed by atoms with E-state index in [4.69, 9.17) is 4.74 Å². The summed E-state index contributed by atoms with van der Waals surface area (Å²) in [5.41, 5.74) is 1.12. The van der Waals surface area contributed by atoms with Crippen LogP contribution in [0.3, 0.4) is 0 Å². The van der Waals surface area contributed by atoms with E-state index in [2.05, 4.69) is 14.9 Å². The van der Waals surface area contributed by atoms with Gasteiger partial charge >= 0.3 is 6.03 Å². The molecule has 6 heteroatoms. The Kier molecular flexibility index (Phi) is 4.52. The number of rotatable bonds is 4. The molecule has 24 heavy (non-hydrogen) atoms. The van der Waals surface area contributed by atoms with Gasteiger partial charge < -0.3 is 14.6 Å². The summed E-state index contributed by atoms with van der Waals surface area (Å²) in [5.74, 6) is 3.22. The molecule has 0 saturated heterocycles. The molecule has 0 radical (unpaired) electrons. The molecule has 4 aliphatic rings. The Hall–Kier alpha value is -1.14. The number of carbonyl (C=O) groups is 1. The molecule has 4 aliphatic carbocycles. The smallest absolute Gasteiger partial charge is 0.343 e. The van der Waals surface area contributed by atoms with E-state index in [1.165, 1.54) is 43.4 Å². The van der Waals surface area contributed by atoms with Crippen molar-refractivity contribution in [2.24, 2.45) is 28.7 Å². The number of aromatic nitrogens is 1. The van der Waals surface area contributed by atoms with E-state index in [-0.39, 0.29) is 6.03 Å². The number of carbonyl (C=O) groups excluding carboxylic acids is 1. The molecule has 1 heterocycles. The molecule has 5 nitrogen and oxygen atoms in total. The molecule has 132 valence electrons. The summed E-state index contributed by atoms with van der Waals surface area (Å²) in [5, 5.41) is 5.31. The maximum atomic E-state index is 12.5. The van der Waals surface area contributed by atoms with Crippen LogP contribution in [0, 0.1) is 30.6 Å². The van der Waals surface area contributed by atoms with Crippen LogP contribution in [0.1, 0.15) is 37.8 Å². The largest absolute Gasteiger partial charge is 0.383 e. The van der Waals surface area contributed by atoms with Gasteiger partial charge in [0.15, 0.2) is 4.80 Å². The highest BCUT2D eigenvalue weighted by molar-refractivity contribution is 7.07. The van der Waals surface area contributed by atoms with Crippen LogP contribution in [0.2, 0.25) is 0 Å². The number of nitrogens with one attached hydrogen (secondary N) is 1. The summed E-state index contributed by atoms with van der Waals surface area (Å²) in [7, 11) is 1.69. The first-order valence-electron chi connectivity index (χ1n) is 9.13. The van der Waals surface area contributed by atoms with Gasteiger partial charge in [-0.25, -0.2) is 4.79 Å². The van der Waals surface area contributed by atoms with Crippen molar-refractivity contribution < 1.29 is 9.53 Å². The Labute approximate surface area is 147 Å². The fourth-order valence-electron chi connectivity index (χ4n) is 5.38. The number of nitrogens with zero attached hydrogens (tertiary/aromatic N) is 2. The molecule has 4 fully saturated rings. The number of amides is 2. The normalized spacial score (nSPS) is 34.8. The molecule has 0 unspecified atom stereocenters. The van der Waals surface area contributed by atoms with Gasteiger partial charge in [-0.15, -0.1) is 11.3 Å². The summed E-state index contributed by atoms with van der Waals surface area (Å²) < 4.78 is 7.22. The second kappa shape index (κ2) is 6.64. The average Bonchev–Trinajstić information content (AvgIpc) is 2.88. The first-order valence-corrected chi connectivity index (χ1v) is 10.0. The highest BCUT2D eigenvalue weighted by Gasteiger charge is 2.48. The van der Waals surface area contributed by atoms with Crippen LogP contribution in [0.4, 0.5) is 4.79 Å². The van der Waals surface area contributed by atoms with Crippen molar-refractivity contribution in [1.82, 2.24) is 9.88 Å². The number of ether oxygens (including phenoxy) is 1. The number of urea groups is 1. The third-order valence-corrected chi connectivity index (χ3v) is 7.21. The van der Waals surface area contributed by atoms with Crippen molar-refractivity contribution in [2.45, 2.75) is 51.6 Å². The van der Waals surface area contributed by atoms with Gasteiger partial charge in [0.05, 0.1) is 6.61 Å². The quantitative estimate of drug-likeness (QED) is 0.909. The number of hydrogen-bond acceptors (Lipinski definition) is 3. The maximum Gasteiger partial charge on any atom is 0.343 e. The Bertz CT molecular complexity index is 650. The molecule has 0 spiro atoms. The van der Waals surface area contributed by atoms with Crippen LogP contribution in [0.5, 0.6) is 0 Å². The molecule has 4 saturated carbocycles. The molecule has 0 aliphatic heterocycles. The number of hydrogen-bond donors (Lipinski definition) is 1. The number of aryl methyl sites for hydroxylation is 1. The lowest BCUT2D eigenvalue weighted by molar-refractivity contribution is -0.00904. The van der Waals surface area contributed by atoms with Gasteiger partial charge in [-0.1, -0.05) is 0 Å². The van der Waals surface area contributed by atoms with Crippen molar-refractivity contribution >= 4 is 17.4 Å². The molecule has 4 bridgehead atoms. The fraction of sp³-hybridized carbons (Fsp3) is 0.778. The molecule has 5 rings (SSSR count). The van der Waals surface area contributed by atoms with E-state index in [1.54, 1.807) is 7.11 Å². The van der Waals surface area contributed by atoms with E-state index in [0.717, 1.165) is 28.9 Å². The second-order valence-electron chi connectivity index (χ2n) is 7.82. The minimum absolute atomic E-state index is 0.166. The zero-order chi connectivity index (χ0) is 16.7. The minimum Gasteiger partial charge on any atom is -0.383 e. The first-order chi connectivity index (χ1) is 11.6. The van der Waals surface area contributed by atoms with Crippen LogP contribution < -0.4 is 10.1 Å². The SMILES string of the molecule is COCCn1c(C)csc1=NC(=O)NC1C2CC3CC(C2)CC1C3. The van der Waals surface area contributed by atoms with Gasteiger partial charge in [-0.2, -0.15) is 4.99 Å². The van der Waals surface area contributed by atoms with E-state index < -0.39 is 0 Å². The summed E-state index contributed by atoms with van der Waals surface area (Å²) in [6.45, 7) is 3.40. The van der Waals surface area contributed by atoms with Crippen molar-refractivity contribution in [3.8, 4) is 0 Å². The van der Waals surface area contributed by atoms with E-state index >= 15 is 0 Å². The lowest BCUT2D eigenvalue weighted by atomic mass is 9.54. The first kappa shape index (κ1) is 16.3. The predicted octanol–water partition coefficient (Wildman–Crippen LogP) is 2.94. The van der Waals surface area contributed by atoms with Crippen LogP contribution in [0.15, 0.2) is 10.4 Å². The Balaban J connectivity index is 1.47. The third kappa shape index (κ3) is 3.06. The number of thiazole rings is 1. The summed E-state index contributed by atoms with van der Waals surface area (Å²) in [6, 6.07) is 0.183. The lowest BCUT2D eigenvalue weighted by Crippen LogP contribution is -2.55. The van der Waals surface area contributed by atoms with Gasteiger partial charge in [-0.3, -0.25) is 0 Å². The summed E-state index contributed by atoms with van der Waals surface area (Å²) in [6.07, 6.45) is 6.67. The van der Waals surface area contributed by atoms with Crippen molar-refractivity contribution in [3.63, 3.8) is 0 Å². The monoisotopic (exact) mass is 349 g/mol. The van der Waals surface area contributed by atoms with Gasteiger partial charge in [0, 0.05) is 30.8 Å². The van der Waals surface area contributed by atoms with Crippen LogP contribution in [-0.2, 0) is 11.3 Å². The maximum absolute atomic E-state index is 12.5. The van der Waals surface area contributed by atoms with E-state index in [0.29, 0.717) is 24.5 Å². The Morgan fingerprint density at radius 3 is 2.58 bits per heavy atom. The van der Waals surface area contributed by atoms with Gasteiger partial charge in [0.25, 0.3) is 0 Å². The lowest BCUT2D eigenvalue weighted by Gasteiger charge is -2.54. The molecule has 1 aromatic heterocycles. The van der Waals surface area contributed by atoms with Gasteiger partial charge in [0.1, 0.15) is 0 Å². The fourth-order valence-corrected chi connectivity index (χ4v) is 6.28. The molecule has 1 aromatic rings. The third-order valence-electron chi connectivity index (χ3n) is 6.22. The number of methoxy groups -OCH3 is 1. The standard InChI is InChI=1S/C18H27N3O2S/c1-11-10-24-18(21(11)3-4-23-2)20-17(22)19-16-14-6-12-5-13(8-14)9-15(16)7-12/h10,12-16H,3-9H2,1-2H3,(H,19,22). The Morgan fingerprint density at radius 2 is 1.96 bits per heavy atom. The minimum atomic E-state index is -0.166. The molecule has 1 N–H and O–H groups in total. The molecule has 0 atom stereocenters. The molecule has 0 aromatic carbocycles. The zero-order valence-electron chi connectivity index (χ0n) is 14.5. The van der Waals surface area contributed by atoms with Crippen molar-refractivity contribution in [1.29, 1.82) is 0 Å². The Morgan fingerprint density at radius 1 is 1.29 bits per heavy atom.